The third-order valence-corrected chi connectivity index (χ3v) is 5.75. The maximum Gasteiger partial charge on any atom is 0.287 e. The number of benzene rings is 2. The van der Waals surface area contributed by atoms with Crippen molar-refractivity contribution in [2.75, 3.05) is 0 Å². The van der Waals surface area contributed by atoms with Crippen LogP contribution in [0.15, 0.2) is 47.4 Å². The zero-order valence-corrected chi connectivity index (χ0v) is 16.7. The SMILES string of the molecule is Cc1c(C(=O)NS(=O)(=O)c2ccc(Cl)cc2)nnn1-c1cc(Cl)ccc1Cl. The van der Waals surface area contributed by atoms with E-state index in [4.69, 9.17) is 34.8 Å². The van der Waals surface area contributed by atoms with Gasteiger partial charge in [0.2, 0.25) is 0 Å². The lowest BCUT2D eigenvalue weighted by Crippen LogP contribution is -2.31. The predicted octanol–water partition coefficient (Wildman–Crippen LogP) is 3.65. The Morgan fingerprint density at radius 2 is 1.67 bits per heavy atom. The van der Waals surface area contributed by atoms with E-state index in [-0.39, 0.29) is 10.6 Å². The van der Waals surface area contributed by atoms with Gasteiger partial charge in [-0.25, -0.2) is 17.8 Å². The van der Waals surface area contributed by atoms with Gasteiger partial charge in [0.1, 0.15) is 0 Å². The van der Waals surface area contributed by atoms with E-state index in [2.05, 4.69) is 10.3 Å². The Bertz CT molecular complexity index is 1130. The molecule has 1 amide bonds. The normalized spacial score (nSPS) is 11.4. The molecule has 0 aliphatic rings. The minimum Gasteiger partial charge on any atom is -0.266 e. The lowest BCUT2D eigenvalue weighted by Gasteiger charge is -2.08. The Kier molecular flexibility index (Phi) is 5.43. The van der Waals surface area contributed by atoms with Crippen molar-refractivity contribution < 1.29 is 13.2 Å². The summed E-state index contributed by atoms with van der Waals surface area (Å²) in [6.07, 6.45) is 0. The third-order valence-electron chi connectivity index (χ3n) is 3.60. The first-order valence-corrected chi connectivity index (χ1v) is 10.0. The second kappa shape index (κ2) is 7.47. The lowest BCUT2D eigenvalue weighted by atomic mass is 10.3. The van der Waals surface area contributed by atoms with Crippen LogP contribution in [0.2, 0.25) is 15.1 Å². The molecule has 0 saturated heterocycles. The summed E-state index contributed by atoms with van der Waals surface area (Å²) < 4.78 is 27.9. The summed E-state index contributed by atoms with van der Waals surface area (Å²) >= 11 is 17.8. The molecule has 0 fully saturated rings. The summed E-state index contributed by atoms with van der Waals surface area (Å²) in [6.45, 7) is 1.56. The molecule has 1 aromatic heterocycles. The fourth-order valence-electron chi connectivity index (χ4n) is 2.26. The molecule has 0 saturated carbocycles. The number of rotatable bonds is 4. The maximum absolute atomic E-state index is 12.4. The number of halogens is 3. The number of carbonyl (C=O) groups is 1. The number of aromatic nitrogens is 3. The zero-order chi connectivity index (χ0) is 19.8. The predicted molar refractivity (Wildman–Crippen MR) is 102 cm³/mol. The van der Waals surface area contributed by atoms with E-state index in [1.807, 2.05) is 4.72 Å². The smallest absolute Gasteiger partial charge is 0.266 e. The summed E-state index contributed by atoms with van der Waals surface area (Å²) in [5.41, 5.74) is 0.542. The quantitative estimate of drug-likeness (QED) is 0.661. The highest BCUT2D eigenvalue weighted by Gasteiger charge is 2.24. The van der Waals surface area contributed by atoms with E-state index in [0.29, 0.717) is 26.4 Å². The molecule has 140 valence electrons. The Morgan fingerprint density at radius 3 is 2.33 bits per heavy atom. The number of hydrogen-bond acceptors (Lipinski definition) is 5. The average Bonchev–Trinajstić information content (AvgIpc) is 2.98. The Hall–Kier alpha value is -2.13. The van der Waals surface area contributed by atoms with E-state index < -0.39 is 15.9 Å². The molecule has 3 rings (SSSR count). The summed E-state index contributed by atoms with van der Waals surface area (Å²) in [5.74, 6) is -0.924. The summed E-state index contributed by atoms with van der Waals surface area (Å²) in [5, 5.41) is 8.77. The van der Waals surface area contributed by atoms with Crippen LogP contribution in [0.5, 0.6) is 0 Å². The summed E-state index contributed by atoms with van der Waals surface area (Å²) in [4.78, 5) is 12.3. The molecule has 0 bridgehead atoms. The van der Waals surface area contributed by atoms with Crippen LogP contribution in [-0.2, 0) is 10.0 Å². The number of amides is 1. The minimum atomic E-state index is -4.09. The molecule has 7 nitrogen and oxygen atoms in total. The van der Waals surface area contributed by atoms with Gasteiger partial charge in [0.05, 0.1) is 21.3 Å². The first-order chi connectivity index (χ1) is 12.7. The van der Waals surface area contributed by atoms with Gasteiger partial charge >= 0.3 is 0 Å². The van der Waals surface area contributed by atoms with Crippen LogP contribution >= 0.6 is 34.8 Å². The Morgan fingerprint density at radius 1 is 1.04 bits per heavy atom. The van der Waals surface area contributed by atoms with Crippen molar-refractivity contribution in [1.82, 2.24) is 19.7 Å². The molecule has 11 heteroatoms. The van der Waals surface area contributed by atoms with E-state index in [1.54, 1.807) is 25.1 Å². The molecule has 0 spiro atoms. The highest BCUT2D eigenvalue weighted by Crippen LogP contribution is 2.25. The van der Waals surface area contributed by atoms with E-state index >= 15 is 0 Å². The van der Waals surface area contributed by atoms with Crippen LogP contribution in [0.4, 0.5) is 0 Å². The molecule has 0 aliphatic carbocycles. The lowest BCUT2D eigenvalue weighted by molar-refractivity contribution is 0.0976. The van der Waals surface area contributed by atoms with E-state index in [1.165, 1.54) is 28.9 Å². The van der Waals surface area contributed by atoms with Gasteiger partial charge in [-0.1, -0.05) is 40.0 Å². The summed E-state index contributed by atoms with van der Waals surface area (Å²) in [6, 6.07) is 10.1. The number of hydrogen-bond donors (Lipinski definition) is 1. The third kappa shape index (κ3) is 4.08. The van der Waals surface area contributed by atoms with Crippen molar-refractivity contribution in [3.8, 4) is 5.69 Å². The van der Waals surface area contributed by atoms with Gasteiger partial charge in [0, 0.05) is 10.0 Å². The molecular formula is C16H11Cl3N4O3S. The minimum absolute atomic E-state index is 0.108. The first-order valence-electron chi connectivity index (χ1n) is 7.39. The first kappa shape index (κ1) is 19.6. The number of nitrogens with one attached hydrogen (secondary N) is 1. The van der Waals surface area contributed by atoms with Gasteiger partial charge in [-0.05, 0) is 49.4 Å². The van der Waals surface area contributed by atoms with Gasteiger partial charge in [-0.15, -0.1) is 5.10 Å². The van der Waals surface area contributed by atoms with Crippen molar-refractivity contribution in [2.45, 2.75) is 11.8 Å². The van der Waals surface area contributed by atoms with Crippen molar-refractivity contribution >= 4 is 50.7 Å². The van der Waals surface area contributed by atoms with Crippen LogP contribution in [-0.4, -0.2) is 29.3 Å². The standard InChI is InChI=1S/C16H11Cl3N4O3S/c1-9-15(20-22-23(9)14-8-11(18)4-7-13(14)19)16(24)21-27(25,26)12-5-2-10(17)3-6-12/h2-8H,1H3,(H,21,24). The van der Waals surface area contributed by atoms with Gasteiger partial charge < -0.3 is 0 Å². The van der Waals surface area contributed by atoms with Crippen LogP contribution < -0.4 is 4.72 Å². The van der Waals surface area contributed by atoms with Crippen LogP contribution in [0.3, 0.4) is 0 Å². The highest BCUT2D eigenvalue weighted by molar-refractivity contribution is 7.90. The van der Waals surface area contributed by atoms with Gasteiger partial charge in [-0.3, -0.25) is 4.79 Å². The fourth-order valence-corrected chi connectivity index (χ4v) is 3.70. The second-order valence-electron chi connectivity index (χ2n) is 5.42. The highest BCUT2D eigenvalue weighted by atomic mass is 35.5. The van der Waals surface area contributed by atoms with Crippen molar-refractivity contribution in [1.29, 1.82) is 0 Å². The molecule has 0 radical (unpaired) electrons. The maximum atomic E-state index is 12.4. The molecule has 1 heterocycles. The molecule has 27 heavy (non-hydrogen) atoms. The zero-order valence-electron chi connectivity index (χ0n) is 13.6. The van der Waals surface area contributed by atoms with Gasteiger partial charge in [0.25, 0.3) is 15.9 Å². The Balaban J connectivity index is 1.91. The van der Waals surface area contributed by atoms with Gasteiger partial charge in [0.15, 0.2) is 5.69 Å². The molecule has 0 aliphatic heterocycles. The average molecular weight is 446 g/mol. The van der Waals surface area contributed by atoms with Crippen molar-refractivity contribution in [3.05, 3.63) is 68.9 Å². The van der Waals surface area contributed by atoms with Crippen molar-refractivity contribution in [2.24, 2.45) is 0 Å². The molecule has 0 unspecified atom stereocenters. The molecule has 2 aromatic carbocycles. The summed E-state index contributed by atoms with van der Waals surface area (Å²) in [7, 11) is -4.09. The molecule has 0 atom stereocenters. The molecule has 1 N–H and O–H groups in total. The largest absolute Gasteiger partial charge is 0.287 e. The number of carbonyl (C=O) groups excluding carboxylic acids is 1. The van der Waals surface area contributed by atoms with Crippen molar-refractivity contribution in [3.63, 3.8) is 0 Å². The van der Waals surface area contributed by atoms with Gasteiger partial charge in [-0.2, -0.15) is 0 Å². The Labute approximate surface area is 169 Å². The fraction of sp³-hybridized carbons (Fsp3) is 0.0625. The number of sulfonamides is 1. The van der Waals surface area contributed by atoms with E-state index in [0.717, 1.165) is 0 Å². The van der Waals surface area contributed by atoms with Crippen LogP contribution in [0, 0.1) is 6.92 Å². The number of nitrogens with zero attached hydrogens (tertiary/aromatic N) is 3. The van der Waals surface area contributed by atoms with E-state index in [9.17, 15) is 13.2 Å². The molecular weight excluding hydrogens is 435 g/mol. The van der Waals surface area contributed by atoms with Crippen LogP contribution in [0.25, 0.3) is 5.69 Å². The monoisotopic (exact) mass is 444 g/mol. The van der Waals surface area contributed by atoms with Crippen LogP contribution in [0.1, 0.15) is 16.2 Å². The topological polar surface area (TPSA) is 93.9 Å². The second-order valence-corrected chi connectivity index (χ2v) is 8.38. The molecule has 3 aromatic rings.